The fraction of sp³-hybridized carbons (Fsp3) is 0.182. The molecule has 0 N–H and O–H groups in total. The van der Waals surface area contributed by atoms with Crippen molar-refractivity contribution in [3.05, 3.63) is 78.1 Å². The third-order valence-electron chi connectivity index (χ3n) is 5.27. The van der Waals surface area contributed by atoms with Crippen LogP contribution < -0.4 is 4.74 Å². The third kappa shape index (κ3) is 3.03. The molecule has 29 heavy (non-hydrogen) atoms. The number of alkyl halides is 2. The molecule has 2 aromatic heterocycles. The number of nitrogens with zero attached hydrogens (tertiary/aromatic N) is 3. The van der Waals surface area contributed by atoms with Gasteiger partial charge >= 0.3 is 6.61 Å². The Balaban J connectivity index is 1.67. The van der Waals surface area contributed by atoms with Crippen molar-refractivity contribution < 1.29 is 17.9 Å². The summed E-state index contributed by atoms with van der Waals surface area (Å²) in [6.45, 7) is -2.90. The number of rotatable bonds is 4. The highest BCUT2D eigenvalue weighted by molar-refractivity contribution is 5.83. The number of aryl methyl sites for hydroxylation is 1. The summed E-state index contributed by atoms with van der Waals surface area (Å²) < 4.78 is 47.2. The number of halogens is 3. The number of benzene rings is 2. The molecule has 5 rings (SSSR count). The molecule has 0 spiro atoms. The quantitative estimate of drug-likeness (QED) is 0.466. The van der Waals surface area contributed by atoms with Gasteiger partial charge in [0, 0.05) is 41.6 Å². The molecule has 0 saturated carbocycles. The largest absolute Gasteiger partial charge is 0.434 e. The molecule has 3 heterocycles. The highest BCUT2D eigenvalue weighted by atomic mass is 19.3. The van der Waals surface area contributed by atoms with Gasteiger partial charge in [-0.1, -0.05) is 24.3 Å². The molecule has 2 aromatic carbocycles. The predicted molar refractivity (Wildman–Crippen MR) is 102 cm³/mol. The molecule has 4 nitrogen and oxygen atoms in total. The van der Waals surface area contributed by atoms with Gasteiger partial charge in [0.2, 0.25) is 0 Å². The lowest BCUT2D eigenvalue weighted by atomic mass is 10.0. The van der Waals surface area contributed by atoms with E-state index in [0.717, 1.165) is 11.3 Å². The Morgan fingerprint density at radius 1 is 1.10 bits per heavy atom. The van der Waals surface area contributed by atoms with E-state index in [2.05, 4.69) is 9.97 Å². The van der Waals surface area contributed by atoms with Crippen LogP contribution in [0.4, 0.5) is 13.2 Å². The summed E-state index contributed by atoms with van der Waals surface area (Å²) in [5.74, 6) is 0.580. The average molecular weight is 395 g/mol. The highest BCUT2D eigenvalue weighted by Crippen LogP contribution is 2.40. The van der Waals surface area contributed by atoms with Gasteiger partial charge in [0.05, 0.1) is 17.1 Å². The maximum atomic E-state index is 14.7. The molecule has 0 amide bonds. The minimum Gasteiger partial charge on any atom is -0.434 e. The van der Waals surface area contributed by atoms with Crippen LogP contribution in [0.1, 0.15) is 23.9 Å². The van der Waals surface area contributed by atoms with E-state index < -0.39 is 6.61 Å². The van der Waals surface area contributed by atoms with E-state index in [1.807, 2.05) is 4.57 Å². The first-order valence-corrected chi connectivity index (χ1v) is 9.26. The van der Waals surface area contributed by atoms with Gasteiger partial charge < -0.3 is 9.30 Å². The Labute approximate surface area is 164 Å². The van der Waals surface area contributed by atoms with E-state index in [4.69, 9.17) is 4.74 Å². The van der Waals surface area contributed by atoms with E-state index in [0.29, 0.717) is 35.0 Å². The van der Waals surface area contributed by atoms with Gasteiger partial charge in [0.1, 0.15) is 17.4 Å². The van der Waals surface area contributed by atoms with Gasteiger partial charge in [0.25, 0.3) is 0 Å². The second kappa shape index (κ2) is 6.92. The number of hydrogen-bond donors (Lipinski definition) is 0. The van der Waals surface area contributed by atoms with E-state index in [9.17, 15) is 13.2 Å². The van der Waals surface area contributed by atoms with Gasteiger partial charge in [-0.2, -0.15) is 8.78 Å². The smallest absolute Gasteiger partial charge is 0.387 e. The lowest BCUT2D eigenvalue weighted by Gasteiger charge is -2.19. The maximum Gasteiger partial charge on any atom is 0.387 e. The number of aromatic nitrogens is 3. The zero-order valence-corrected chi connectivity index (χ0v) is 15.2. The second-order valence-electron chi connectivity index (χ2n) is 6.93. The molecule has 146 valence electrons. The monoisotopic (exact) mass is 395 g/mol. The zero-order valence-electron chi connectivity index (χ0n) is 15.2. The van der Waals surface area contributed by atoms with Crippen LogP contribution in [0.25, 0.3) is 22.2 Å². The predicted octanol–water partition coefficient (Wildman–Crippen LogP) is 5.37. The topological polar surface area (TPSA) is 39.9 Å². The summed E-state index contributed by atoms with van der Waals surface area (Å²) in [4.78, 5) is 8.64. The molecular formula is C22H16F3N3O. The van der Waals surface area contributed by atoms with E-state index in [1.54, 1.807) is 54.9 Å². The van der Waals surface area contributed by atoms with Gasteiger partial charge in [-0.25, -0.2) is 9.37 Å². The standard InChI is InChI=1S/C22H16F3N3O/c23-16-11-17-19(10-15(16)13-4-3-9-26-12-13)28-18(7-8-21(28)27-17)14-5-1-2-6-20(14)29-22(24)25/h1-6,9-12,18,22H,7-8H2/t18-/m0/s1. The summed E-state index contributed by atoms with van der Waals surface area (Å²) in [5.41, 5.74) is 3.06. The summed E-state index contributed by atoms with van der Waals surface area (Å²) in [7, 11) is 0. The van der Waals surface area contributed by atoms with Crippen LogP contribution in [-0.2, 0) is 6.42 Å². The number of imidazole rings is 1. The molecule has 1 aliphatic rings. The van der Waals surface area contributed by atoms with Crippen LogP contribution in [0, 0.1) is 5.82 Å². The number of ether oxygens (including phenoxy) is 1. The van der Waals surface area contributed by atoms with Crippen molar-refractivity contribution in [3.63, 3.8) is 0 Å². The molecule has 1 atom stereocenters. The summed E-state index contributed by atoms with van der Waals surface area (Å²) in [5, 5.41) is 0. The van der Waals surface area contributed by atoms with Gasteiger partial charge in [-0.3, -0.25) is 4.98 Å². The molecule has 0 bridgehead atoms. The van der Waals surface area contributed by atoms with Gasteiger partial charge in [-0.15, -0.1) is 0 Å². The van der Waals surface area contributed by atoms with Crippen LogP contribution in [0.3, 0.4) is 0 Å². The third-order valence-corrected chi connectivity index (χ3v) is 5.27. The minimum atomic E-state index is -2.90. The van der Waals surface area contributed by atoms with Crippen LogP contribution in [-0.4, -0.2) is 21.1 Å². The fourth-order valence-corrected chi connectivity index (χ4v) is 4.08. The first-order chi connectivity index (χ1) is 14.1. The molecule has 0 unspecified atom stereocenters. The lowest BCUT2D eigenvalue weighted by Crippen LogP contribution is -2.10. The van der Waals surface area contributed by atoms with Crippen LogP contribution in [0.2, 0.25) is 0 Å². The number of para-hydroxylation sites is 1. The molecule has 0 radical (unpaired) electrons. The molecule has 0 fully saturated rings. The molecule has 0 saturated heterocycles. The Kier molecular flexibility index (Phi) is 4.23. The Hall–Kier alpha value is -3.35. The normalized spacial score (nSPS) is 15.8. The minimum absolute atomic E-state index is 0.150. The van der Waals surface area contributed by atoms with Crippen LogP contribution in [0.15, 0.2) is 60.9 Å². The molecular weight excluding hydrogens is 379 g/mol. The van der Waals surface area contributed by atoms with Crippen molar-refractivity contribution in [2.45, 2.75) is 25.5 Å². The van der Waals surface area contributed by atoms with Gasteiger partial charge in [-0.05, 0) is 24.6 Å². The van der Waals surface area contributed by atoms with Crippen molar-refractivity contribution >= 4 is 11.0 Å². The Bertz CT molecular complexity index is 1190. The lowest BCUT2D eigenvalue weighted by molar-refractivity contribution is -0.0506. The zero-order chi connectivity index (χ0) is 20.0. The SMILES string of the molecule is Fc1cc2nc3n(c2cc1-c1cccnc1)[C@H](c1ccccc1OC(F)F)CC3. The van der Waals surface area contributed by atoms with Crippen molar-refractivity contribution in [2.75, 3.05) is 0 Å². The van der Waals surface area contributed by atoms with Crippen molar-refractivity contribution in [1.29, 1.82) is 0 Å². The molecule has 0 aliphatic carbocycles. The first kappa shape index (κ1) is 17.7. The van der Waals surface area contributed by atoms with Crippen molar-refractivity contribution in [3.8, 4) is 16.9 Å². The summed E-state index contributed by atoms with van der Waals surface area (Å²) in [6.07, 6.45) is 4.62. The molecule has 7 heteroatoms. The first-order valence-electron chi connectivity index (χ1n) is 9.26. The van der Waals surface area contributed by atoms with E-state index in [1.165, 1.54) is 6.07 Å². The number of fused-ring (bicyclic) bond motifs is 3. The van der Waals surface area contributed by atoms with Crippen molar-refractivity contribution in [2.24, 2.45) is 0 Å². The fourth-order valence-electron chi connectivity index (χ4n) is 4.08. The highest BCUT2D eigenvalue weighted by Gasteiger charge is 2.30. The summed E-state index contributed by atoms with van der Waals surface area (Å²) >= 11 is 0. The average Bonchev–Trinajstić information content (AvgIpc) is 3.27. The number of pyridine rings is 1. The maximum absolute atomic E-state index is 14.7. The van der Waals surface area contributed by atoms with E-state index >= 15 is 0 Å². The Morgan fingerprint density at radius 2 is 1.97 bits per heavy atom. The molecule has 4 aromatic rings. The summed E-state index contributed by atoms with van der Waals surface area (Å²) in [6, 6.07) is 13.3. The van der Waals surface area contributed by atoms with Crippen LogP contribution in [0.5, 0.6) is 5.75 Å². The Morgan fingerprint density at radius 3 is 2.76 bits per heavy atom. The van der Waals surface area contributed by atoms with Crippen LogP contribution >= 0.6 is 0 Å². The second-order valence-corrected chi connectivity index (χ2v) is 6.93. The number of hydrogen-bond acceptors (Lipinski definition) is 3. The molecule has 1 aliphatic heterocycles. The van der Waals surface area contributed by atoms with Gasteiger partial charge in [0.15, 0.2) is 0 Å². The van der Waals surface area contributed by atoms with Crippen molar-refractivity contribution in [1.82, 2.24) is 14.5 Å². The van der Waals surface area contributed by atoms with E-state index in [-0.39, 0.29) is 17.6 Å².